The first-order valence-electron chi connectivity index (χ1n) is 5.35. The van der Waals surface area contributed by atoms with E-state index >= 15 is 0 Å². The molecule has 6 heteroatoms. The number of H-pyrrole nitrogens is 1. The van der Waals surface area contributed by atoms with Crippen LogP contribution in [0.15, 0.2) is 30.3 Å². The smallest absolute Gasteiger partial charge is 0.151 e. The number of aromatic amines is 1. The Balaban J connectivity index is 2.25. The number of benzene rings is 2. The van der Waals surface area contributed by atoms with Gasteiger partial charge in [-0.05, 0) is 24.3 Å². The molecule has 0 saturated heterocycles. The Kier molecular flexibility index (Phi) is 2.71. The molecule has 0 saturated carbocycles. The minimum atomic E-state index is -0.765. The lowest BCUT2D eigenvalue weighted by molar-refractivity contribution is 0.602. The van der Waals surface area contributed by atoms with E-state index in [0.717, 1.165) is 12.1 Å². The molecule has 0 aliphatic heterocycles. The van der Waals surface area contributed by atoms with E-state index in [2.05, 4.69) is 9.97 Å². The molecule has 0 amide bonds. The summed E-state index contributed by atoms with van der Waals surface area (Å²) in [4.78, 5) is 6.67. The molecular formula is C13H6ClF3N2. The van der Waals surface area contributed by atoms with Gasteiger partial charge >= 0.3 is 0 Å². The Hall–Kier alpha value is -2.01. The molecule has 2 aromatic carbocycles. The van der Waals surface area contributed by atoms with Gasteiger partial charge < -0.3 is 4.98 Å². The first-order chi connectivity index (χ1) is 9.06. The molecule has 1 aromatic heterocycles. The maximum Gasteiger partial charge on any atom is 0.151 e. The molecule has 0 radical (unpaired) electrons. The number of fused-ring (bicyclic) bond motifs is 1. The molecular weight excluding hydrogens is 277 g/mol. The predicted molar refractivity (Wildman–Crippen MR) is 66.4 cm³/mol. The molecule has 0 fully saturated rings. The Labute approximate surface area is 110 Å². The average molecular weight is 283 g/mol. The van der Waals surface area contributed by atoms with E-state index in [0.29, 0.717) is 5.52 Å². The highest BCUT2D eigenvalue weighted by Gasteiger charge is 2.15. The third-order valence-electron chi connectivity index (χ3n) is 2.73. The van der Waals surface area contributed by atoms with Gasteiger partial charge in [0.25, 0.3) is 0 Å². The van der Waals surface area contributed by atoms with Gasteiger partial charge in [-0.15, -0.1) is 0 Å². The van der Waals surface area contributed by atoms with Crippen LogP contribution >= 0.6 is 11.6 Å². The van der Waals surface area contributed by atoms with Gasteiger partial charge in [0.1, 0.15) is 23.0 Å². The van der Waals surface area contributed by atoms with E-state index in [1.807, 2.05) is 0 Å². The van der Waals surface area contributed by atoms with Crippen molar-refractivity contribution in [3.05, 3.63) is 52.8 Å². The van der Waals surface area contributed by atoms with Crippen LogP contribution in [0.25, 0.3) is 22.4 Å². The Morgan fingerprint density at radius 3 is 2.53 bits per heavy atom. The van der Waals surface area contributed by atoms with Crippen LogP contribution in [-0.4, -0.2) is 9.97 Å². The van der Waals surface area contributed by atoms with Crippen LogP contribution in [-0.2, 0) is 0 Å². The van der Waals surface area contributed by atoms with Crippen LogP contribution in [0.2, 0.25) is 5.02 Å². The van der Waals surface area contributed by atoms with Gasteiger partial charge in [-0.2, -0.15) is 0 Å². The minimum absolute atomic E-state index is 0.0492. The fourth-order valence-corrected chi connectivity index (χ4v) is 1.98. The molecule has 0 aliphatic rings. The third-order valence-corrected chi connectivity index (χ3v) is 3.02. The molecule has 0 bridgehead atoms. The van der Waals surface area contributed by atoms with Crippen LogP contribution in [0.5, 0.6) is 0 Å². The van der Waals surface area contributed by atoms with Gasteiger partial charge in [0, 0.05) is 0 Å². The molecule has 96 valence electrons. The van der Waals surface area contributed by atoms with Crippen LogP contribution in [0.4, 0.5) is 13.2 Å². The summed E-state index contributed by atoms with van der Waals surface area (Å²) in [6, 6.07) is 6.12. The summed E-state index contributed by atoms with van der Waals surface area (Å²) in [5, 5.41) is -0.316. The number of aromatic nitrogens is 2. The highest BCUT2D eigenvalue weighted by atomic mass is 35.5. The van der Waals surface area contributed by atoms with E-state index in [4.69, 9.17) is 11.6 Å². The maximum absolute atomic E-state index is 13.7. The second-order valence-electron chi connectivity index (χ2n) is 3.97. The summed E-state index contributed by atoms with van der Waals surface area (Å²) in [6.07, 6.45) is 0. The van der Waals surface area contributed by atoms with Crippen LogP contribution in [0, 0.1) is 17.5 Å². The van der Waals surface area contributed by atoms with Gasteiger partial charge in [0.05, 0.1) is 16.1 Å². The van der Waals surface area contributed by atoms with Crippen molar-refractivity contribution in [3.8, 4) is 11.4 Å². The fraction of sp³-hybridized carbons (Fsp3) is 0. The number of imidazole rings is 1. The topological polar surface area (TPSA) is 28.7 Å². The van der Waals surface area contributed by atoms with Crippen molar-refractivity contribution < 1.29 is 13.2 Å². The third kappa shape index (κ3) is 1.96. The molecule has 0 spiro atoms. The second kappa shape index (κ2) is 4.28. The first-order valence-corrected chi connectivity index (χ1v) is 5.73. The quantitative estimate of drug-likeness (QED) is 0.662. The van der Waals surface area contributed by atoms with Gasteiger partial charge in [-0.3, -0.25) is 0 Å². The number of nitrogens with zero attached hydrogens (tertiary/aromatic N) is 1. The fourth-order valence-electron chi connectivity index (χ4n) is 1.83. The largest absolute Gasteiger partial charge is 0.338 e. The maximum atomic E-state index is 13.7. The highest BCUT2D eigenvalue weighted by Crippen LogP contribution is 2.28. The van der Waals surface area contributed by atoms with Crippen LogP contribution in [0.3, 0.4) is 0 Å². The summed E-state index contributed by atoms with van der Waals surface area (Å²) in [6.45, 7) is 0. The molecule has 19 heavy (non-hydrogen) atoms. The number of rotatable bonds is 1. The number of halogens is 4. The van der Waals surface area contributed by atoms with Crippen LogP contribution < -0.4 is 0 Å². The van der Waals surface area contributed by atoms with Gasteiger partial charge in [-0.25, -0.2) is 18.2 Å². The number of nitrogens with one attached hydrogen (secondary N) is 1. The minimum Gasteiger partial charge on any atom is -0.338 e. The highest BCUT2D eigenvalue weighted by molar-refractivity contribution is 6.30. The lowest BCUT2D eigenvalue weighted by atomic mass is 10.2. The van der Waals surface area contributed by atoms with E-state index in [1.165, 1.54) is 12.1 Å². The lowest BCUT2D eigenvalue weighted by Gasteiger charge is -2.01. The SMILES string of the molecule is Fc1cc(-c2nc3c(F)cccc3[nH]2)c(F)cc1Cl. The van der Waals surface area contributed by atoms with Crippen molar-refractivity contribution in [3.63, 3.8) is 0 Å². The Morgan fingerprint density at radius 1 is 1.00 bits per heavy atom. The van der Waals surface area contributed by atoms with Crippen molar-refractivity contribution in [2.45, 2.75) is 0 Å². The molecule has 3 rings (SSSR count). The number of hydrogen-bond donors (Lipinski definition) is 1. The van der Waals surface area contributed by atoms with Gasteiger partial charge in [-0.1, -0.05) is 17.7 Å². The zero-order valence-electron chi connectivity index (χ0n) is 9.35. The molecule has 2 nitrogen and oxygen atoms in total. The summed E-state index contributed by atoms with van der Waals surface area (Å²) < 4.78 is 40.6. The molecule has 0 atom stereocenters. The monoisotopic (exact) mass is 282 g/mol. The predicted octanol–water partition coefficient (Wildman–Crippen LogP) is 4.30. The van der Waals surface area contributed by atoms with E-state index in [9.17, 15) is 13.2 Å². The molecule has 0 aliphatic carbocycles. The molecule has 0 unspecified atom stereocenters. The summed E-state index contributed by atoms with van der Waals surface area (Å²) >= 11 is 5.47. The normalized spacial score (nSPS) is 11.2. The van der Waals surface area contributed by atoms with E-state index < -0.39 is 17.5 Å². The second-order valence-corrected chi connectivity index (χ2v) is 4.37. The molecule has 1 N–H and O–H groups in total. The van der Waals surface area contributed by atoms with Gasteiger partial charge in [0.15, 0.2) is 5.82 Å². The van der Waals surface area contributed by atoms with Crippen molar-refractivity contribution in [2.24, 2.45) is 0 Å². The van der Waals surface area contributed by atoms with Gasteiger partial charge in [0.2, 0.25) is 0 Å². The average Bonchev–Trinajstić information content (AvgIpc) is 2.79. The van der Waals surface area contributed by atoms with E-state index in [-0.39, 0.29) is 21.9 Å². The lowest BCUT2D eigenvalue weighted by Crippen LogP contribution is -1.89. The van der Waals surface area contributed by atoms with E-state index in [1.54, 1.807) is 6.07 Å². The number of hydrogen-bond acceptors (Lipinski definition) is 1. The van der Waals surface area contributed by atoms with Crippen molar-refractivity contribution in [1.82, 2.24) is 9.97 Å². The van der Waals surface area contributed by atoms with Crippen LogP contribution in [0.1, 0.15) is 0 Å². The van der Waals surface area contributed by atoms with Crippen molar-refractivity contribution in [2.75, 3.05) is 0 Å². The van der Waals surface area contributed by atoms with Crippen molar-refractivity contribution >= 4 is 22.6 Å². The Bertz CT molecular complexity index is 783. The zero-order valence-corrected chi connectivity index (χ0v) is 10.1. The zero-order chi connectivity index (χ0) is 13.6. The molecule has 1 heterocycles. The first kappa shape index (κ1) is 12.0. The Morgan fingerprint density at radius 2 is 1.79 bits per heavy atom. The summed E-state index contributed by atoms with van der Waals surface area (Å²) in [5.74, 6) is -1.98. The summed E-state index contributed by atoms with van der Waals surface area (Å²) in [7, 11) is 0. The standard InChI is InChI=1S/C13H6ClF3N2/c14-7-5-9(16)6(4-10(7)17)13-18-11-3-1-2-8(15)12(11)19-13/h1-5H,(H,18,19). The summed E-state index contributed by atoms with van der Waals surface area (Å²) in [5.41, 5.74) is 0.384. The number of para-hydroxylation sites is 1. The molecule has 3 aromatic rings. The van der Waals surface area contributed by atoms with Crippen molar-refractivity contribution in [1.29, 1.82) is 0 Å².